The van der Waals surface area contributed by atoms with Crippen LogP contribution in [0.15, 0.2) is 60.8 Å². The molecule has 0 spiro atoms. The molecule has 8 heteroatoms. The van der Waals surface area contributed by atoms with Gasteiger partial charge in [-0.05, 0) is 86.2 Å². The van der Waals surface area contributed by atoms with Crippen LogP contribution in [0.2, 0.25) is 0 Å². The summed E-state index contributed by atoms with van der Waals surface area (Å²) in [6.45, 7) is 12.7. The molecule has 2 aromatic heterocycles. The van der Waals surface area contributed by atoms with Crippen molar-refractivity contribution in [1.29, 1.82) is 0 Å². The highest BCUT2D eigenvalue weighted by Crippen LogP contribution is 2.44. The van der Waals surface area contributed by atoms with E-state index in [-0.39, 0.29) is 18.0 Å². The Bertz CT molecular complexity index is 1860. The number of carbonyl (C=O) groups is 1. The molecule has 0 saturated carbocycles. The molecule has 0 saturated heterocycles. The molecule has 0 bridgehead atoms. The molecule has 1 aliphatic heterocycles. The van der Waals surface area contributed by atoms with Crippen LogP contribution in [0.3, 0.4) is 0 Å². The second-order valence-corrected chi connectivity index (χ2v) is 12.6. The maximum Gasteiger partial charge on any atom is 0.312 e. The number of nitrogens with zero attached hydrogens (tertiary/aromatic N) is 5. The van der Waals surface area contributed by atoms with Crippen LogP contribution in [0.4, 0.5) is 0 Å². The number of pyridine rings is 1. The lowest BCUT2D eigenvalue weighted by molar-refractivity contribution is -0.151. The average Bonchev–Trinajstić information content (AvgIpc) is 3.30. The van der Waals surface area contributed by atoms with Crippen molar-refractivity contribution in [2.24, 2.45) is 12.5 Å². The largest absolute Gasteiger partial charge is 0.489 e. The van der Waals surface area contributed by atoms with Crippen LogP contribution < -0.4 is 4.74 Å². The van der Waals surface area contributed by atoms with E-state index in [1.54, 1.807) is 4.68 Å². The zero-order chi connectivity index (χ0) is 31.2. The minimum Gasteiger partial charge on any atom is -0.489 e. The Morgan fingerprint density at radius 1 is 1.14 bits per heavy atom. The molecule has 0 aliphatic carbocycles. The first-order valence-electron chi connectivity index (χ1n) is 15.3. The van der Waals surface area contributed by atoms with E-state index in [4.69, 9.17) is 9.47 Å². The van der Waals surface area contributed by atoms with Crippen molar-refractivity contribution in [1.82, 2.24) is 24.9 Å². The second-order valence-electron chi connectivity index (χ2n) is 12.6. The van der Waals surface area contributed by atoms with E-state index in [9.17, 15) is 4.79 Å². The molecular formula is C36H41N5O3. The number of fused-ring (bicyclic) bond motifs is 4. The first kappa shape index (κ1) is 29.8. The van der Waals surface area contributed by atoms with Crippen LogP contribution in [-0.4, -0.2) is 50.6 Å². The van der Waals surface area contributed by atoms with Crippen LogP contribution in [0.25, 0.3) is 21.9 Å². The van der Waals surface area contributed by atoms with Gasteiger partial charge in [0.1, 0.15) is 17.4 Å². The van der Waals surface area contributed by atoms with E-state index in [2.05, 4.69) is 77.4 Å². The van der Waals surface area contributed by atoms with Gasteiger partial charge >= 0.3 is 5.97 Å². The summed E-state index contributed by atoms with van der Waals surface area (Å²) in [6.07, 6.45) is 2.84. The number of ether oxygens (including phenoxy) is 2. The van der Waals surface area contributed by atoms with Crippen LogP contribution in [0.5, 0.6) is 5.75 Å². The van der Waals surface area contributed by atoms with Crippen molar-refractivity contribution >= 4 is 27.9 Å². The number of benzene rings is 3. The molecule has 44 heavy (non-hydrogen) atoms. The number of aromatic nitrogens is 4. The number of carbonyl (C=O) groups excluding carboxylic acids is 1. The summed E-state index contributed by atoms with van der Waals surface area (Å²) in [5.74, 6) is 0.434. The molecule has 0 radical (unpaired) electrons. The van der Waals surface area contributed by atoms with Gasteiger partial charge in [-0.3, -0.25) is 14.7 Å². The molecule has 0 amide bonds. The molecule has 1 unspecified atom stereocenters. The van der Waals surface area contributed by atoms with Gasteiger partial charge in [0, 0.05) is 49.7 Å². The Labute approximate surface area is 259 Å². The summed E-state index contributed by atoms with van der Waals surface area (Å²) in [5, 5.41) is 9.82. The van der Waals surface area contributed by atoms with Crippen molar-refractivity contribution in [3.05, 3.63) is 94.2 Å². The molecule has 228 valence electrons. The third kappa shape index (κ3) is 5.21. The second kappa shape index (κ2) is 11.7. The van der Waals surface area contributed by atoms with Crippen molar-refractivity contribution < 1.29 is 14.3 Å². The quantitative estimate of drug-likeness (QED) is 0.196. The van der Waals surface area contributed by atoms with Gasteiger partial charge in [0.25, 0.3) is 0 Å². The van der Waals surface area contributed by atoms with E-state index in [1.165, 1.54) is 23.8 Å². The van der Waals surface area contributed by atoms with Crippen molar-refractivity contribution in [3.8, 4) is 5.75 Å². The summed E-state index contributed by atoms with van der Waals surface area (Å²) in [7, 11) is 3.36. The predicted molar refractivity (Wildman–Crippen MR) is 173 cm³/mol. The molecule has 0 N–H and O–H groups in total. The maximum absolute atomic E-state index is 13.3. The standard InChI is InChI=1S/C36H41N5O3/c1-8-26-20-41(21-29-28-10-9-17-37-30(28)14-16-32(29)44-26)19-25-18-24(12-11-22(25)2)33(36(4,5)35(42)43-7)27-13-15-31-34(23(27)3)38-39-40(31)6/h9-18,26,33H,8,19-21H2,1-7H3/t26-,33?/m1/s1. The van der Waals surface area contributed by atoms with Gasteiger partial charge in [-0.25, -0.2) is 4.68 Å². The van der Waals surface area contributed by atoms with E-state index >= 15 is 0 Å². The minimum absolute atomic E-state index is 0.0845. The van der Waals surface area contributed by atoms with Gasteiger partial charge in [0.15, 0.2) is 0 Å². The molecule has 3 aromatic carbocycles. The topological polar surface area (TPSA) is 82.4 Å². The summed E-state index contributed by atoms with van der Waals surface area (Å²) in [6, 6.07) is 19.0. The zero-order valence-electron chi connectivity index (χ0n) is 26.7. The fourth-order valence-electron chi connectivity index (χ4n) is 6.80. The predicted octanol–water partition coefficient (Wildman–Crippen LogP) is 6.64. The summed E-state index contributed by atoms with van der Waals surface area (Å²) in [4.78, 5) is 20.4. The highest BCUT2D eigenvalue weighted by atomic mass is 16.5. The Kier molecular flexibility index (Phi) is 7.88. The SMILES string of the molecule is CC[C@@H]1CN(Cc2cc(C(c3ccc4c(nnn4C)c3C)C(C)(C)C(=O)OC)ccc2C)Cc2c(ccc3ncccc23)O1. The lowest BCUT2D eigenvalue weighted by Crippen LogP contribution is -2.34. The molecule has 1 aliphatic rings. The molecule has 2 atom stereocenters. The van der Waals surface area contributed by atoms with E-state index in [1.807, 2.05) is 45.3 Å². The third-order valence-electron chi connectivity index (χ3n) is 9.37. The minimum atomic E-state index is -0.837. The summed E-state index contributed by atoms with van der Waals surface area (Å²) in [5.41, 5.74) is 8.70. The van der Waals surface area contributed by atoms with Gasteiger partial charge in [0.2, 0.25) is 0 Å². The highest BCUT2D eigenvalue weighted by molar-refractivity contribution is 5.85. The number of rotatable bonds is 7. The maximum atomic E-state index is 13.3. The fraction of sp³-hybridized carbons (Fsp3) is 0.389. The molecular weight excluding hydrogens is 550 g/mol. The van der Waals surface area contributed by atoms with Crippen LogP contribution in [-0.2, 0) is 29.7 Å². The van der Waals surface area contributed by atoms with Gasteiger partial charge < -0.3 is 9.47 Å². The number of methoxy groups -OCH3 is 1. The molecule has 3 heterocycles. The fourth-order valence-corrected chi connectivity index (χ4v) is 6.80. The first-order chi connectivity index (χ1) is 21.1. The van der Waals surface area contributed by atoms with Gasteiger partial charge in [-0.15, -0.1) is 5.10 Å². The van der Waals surface area contributed by atoms with Crippen LogP contribution in [0, 0.1) is 19.3 Å². The van der Waals surface area contributed by atoms with Crippen molar-refractivity contribution in [3.63, 3.8) is 0 Å². The monoisotopic (exact) mass is 591 g/mol. The van der Waals surface area contributed by atoms with Gasteiger partial charge in [-0.1, -0.05) is 42.5 Å². The normalized spacial score (nSPS) is 16.4. The van der Waals surface area contributed by atoms with Crippen molar-refractivity contribution in [2.75, 3.05) is 13.7 Å². The highest BCUT2D eigenvalue weighted by Gasteiger charge is 2.41. The molecule has 8 nitrogen and oxygen atoms in total. The lowest BCUT2D eigenvalue weighted by Gasteiger charge is -2.34. The number of hydrogen-bond acceptors (Lipinski definition) is 7. The Hall–Kier alpha value is -4.30. The van der Waals surface area contributed by atoms with Gasteiger partial charge in [-0.2, -0.15) is 0 Å². The summed E-state index contributed by atoms with van der Waals surface area (Å²) < 4.78 is 13.7. The van der Waals surface area contributed by atoms with Gasteiger partial charge in [0.05, 0.1) is 23.6 Å². The number of aryl methyl sites for hydroxylation is 3. The number of esters is 1. The zero-order valence-corrected chi connectivity index (χ0v) is 26.7. The molecule has 0 fully saturated rings. The smallest absolute Gasteiger partial charge is 0.312 e. The lowest BCUT2D eigenvalue weighted by atomic mass is 9.69. The average molecular weight is 592 g/mol. The first-order valence-corrected chi connectivity index (χ1v) is 15.3. The van der Waals surface area contributed by atoms with E-state index in [0.29, 0.717) is 0 Å². The number of hydrogen-bond donors (Lipinski definition) is 0. The van der Waals surface area contributed by atoms with Crippen LogP contribution in [0.1, 0.15) is 66.5 Å². The van der Waals surface area contributed by atoms with E-state index < -0.39 is 5.41 Å². The Balaban J connectivity index is 1.42. The van der Waals surface area contributed by atoms with Crippen molar-refractivity contribution in [2.45, 2.75) is 66.2 Å². The summed E-state index contributed by atoms with van der Waals surface area (Å²) >= 11 is 0. The van der Waals surface area contributed by atoms with E-state index in [0.717, 1.165) is 70.4 Å². The third-order valence-corrected chi connectivity index (χ3v) is 9.37. The van der Waals surface area contributed by atoms with Crippen LogP contribution >= 0.6 is 0 Å². The Morgan fingerprint density at radius 2 is 1.95 bits per heavy atom. The Morgan fingerprint density at radius 3 is 2.73 bits per heavy atom. The molecule has 6 rings (SSSR count). The molecule has 5 aromatic rings.